The molecule has 0 aromatic rings. The molecule has 0 saturated heterocycles. The molecule has 0 radical (unpaired) electrons. The quantitative estimate of drug-likeness (QED) is 0.687. The van der Waals surface area contributed by atoms with Gasteiger partial charge in [-0.2, -0.15) is 13.5 Å². The summed E-state index contributed by atoms with van der Waals surface area (Å²) in [7, 11) is 0. The van der Waals surface area contributed by atoms with Crippen molar-refractivity contribution in [1.82, 2.24) is 0 Å². The summed E-state index contributed by atoms with van der Waals surface area (Å²) in [6.07, 6.45) is -1.42. The molecular weight excluding hydrogens is 196 g/mol. The summed E-state index contributed by atoms with van der Waals surface area (Å²) in [5.41, 5.74) is 9.08. The summed E-state index contributed by atoms with van der Waals surface area (Å²) in [5.74, 6) is 0. The summed E-state index contributed by atoms with van der Waals surface area (Å²) in [4.78, 5) is 19.2. The third-order valence-electron chi connectivity index (χ3n) is 0.573. The fraction of sp³-hybridized carbons (Fsp3) is 0.667. The van der Waals surface area contributed by atoms with Gasteiger partial charge in [-0.05, 0) is 13.8 Å². The van der Waals surface area contributed by atoms with Crippen LogP contribution in [0.25, 0.3) is 0 Å². The Bertz CT molecular complexity index is 127. The van der Waals surface area contributed by atoms with Crippen molar-refractivity contribution in [1.29, 1.82) is 0 Å². The minimum Gasteiger partial charge on any atom is -0.450 e. The van der Waals surface area contributed by atoms with E-state index in [1.54, 1.807) is 13.8 Å². The van der Waals surface area contributed by atoms with Gasteiger partial charge in [0.1, 0.15) is 0 Å². The molecule has 0 rings (SSSR count). The minimum absolute atomic E-state index is 0. The topological polar surface area (TPSA) is 105 Å². The molecule has 13 heavy (non-hydrogen) atoms. The van der Waals surface area contributed by atoms with Gasteiger partial charge in [0.25, 0.3) is 0 Å². The van der Waals surface area contributed by atoms with Crippen LogP contribution in [0.3, 0.4) is 0 Å². The van der Waals surface area contributed by atoms with E-state index in [1.807, 2.05) is 0 Å². The van der Waals surface area contributed by atoms with Crippen LogP contribution in [-0.2, 0) is 9.47 Å². The molecule has 0 heterocycles. The second-order valence-corrected chi connectivity index (χ2v) is 1.50. The lowest BCUT2D eigenvalue weighted by molar-refractivity contribution is 0.162. The third-order valence-corrected chi connectivity index (χ3v) is 0.573. The molecule has 0 saturated carbocycles. The first-order chi connectivity index (χ1) is 5.54. The molecule has 0 bridgehead atoms. The molecule has 2 amide bonds. The fourth-order valence-corrected chi connectivity index (χ4v) is 0.285. The number of carbonyl (C=O) groups is 2. The number of hydrogen-bond acceptors (Lipinski definition) is 4. The zero-order valence-corrected chi connectivity index (χ0v) is 8.70. The molecule has 0 atom stereocenters. The fourth-order valence-electron chi connectivity index (χ4n) is 0.285. The van der Waals surface area contributed by atoms with E-state index in [9.17, 15) is 9.59 Å². The number of primary amides is 2. The van der Waals surface area contributed by atoms with E-state index >= 15 is 0 Å². The molecule has 0 aromatic heterocycles. The molecule has 0 spiro atoms. The summed E-state index contributed by atoms with van der Waals surface area (Å²) in [6, 6.07) is 0. The van der Waals surface area contributed by atoms with Gasteiger partial charge in [0, 0.05) is 0 Å². The van der Waals surface area contributed by atoms with Crippen LogP contribution in [0, 0.1) is 0 Å². The van der Waals surface area contributed by atoms with E-state index in [1.165, 1.54) is 0 Å². The highest BCUT2D eigenvalue weighted by Gasteiger charge is 1.82. The van der Waals surface area contributed by atoms with Crippen molar-refractivity contribution in [2.75, 3.05) is 13.2 Å². The first kappa shape index (κ1) is 17.8. The third kappa shape index (κ3) is 36.0. The van der Waals surface area contributed by atoms with E-state index in [0.717, 1.165) is 0 Å². The molecule has 80 valence electrons. The first-order valence-corrected chi connectivity index (χ1v) is 3.39. The van der Waals surface area contributed by atoms with E-state index in [-0.39, 0.29) is 13.5 Å². The lowest BCUT2D eigenvalue weighted by atomic mass is 10.9. The van der Waals surface area contributed by atoms with Gasteiger partial charge in [-0.1, -0.05) is 0 Å². The largest absolute Gasteiger partial charge is 0.450 e. The minimum atomic E-state index is -0.711. The monoisotopic (exact) mass is 212 g/mol. The zero-order valence-electron chi connectivity index (χ0n) is 7.70. The van der Waals surface area contributed by atoms with Crippen LogP contribution in [0.4, 0.5) is 9.59 Å². The first-order valence-electron chi connectivity index (χ1n) is 3.39. The predicted octanol–water partition coefficient (Wildman–Crippen LogP) is 0.316. The van der Waals surface area contributed by atoms with Crippen molar-refractivity contribution in [3.05, 3.63) is 0 Å². The molecule has 0 aliphatic carbocycles. The summed E-state index contributed by atoms with van der Waals surface area (Å²) in [5, 5.41) is 0. The number of rotatable bonds is 2. The average Bonchev–Trinajstić information content (AvgIpc) is 1.87. The second kappa shape index (κ2) is 13.5. The van der Waals surface area contributed by atoms with Crippen LogP contribution in [0.15, 0.2) is 0 Å². The van der Waals surface area contributed by atoms with Gasteiger partial charge >= 0.3 is 12.2 Å². The lowest BCUT2D eigenvalue weighted by Gasteiger charge is -1.89. The van der Waals surface area contributed by atoms with Crippen LogP contribution in [0.1, 0.15) is 13.8 Å². The normalized spacial score (nSPS) is 6.92. The molecule has 0 aromatic carbocycles. The molecule has 0 aliphatic rings. The van der Waals surface area contributed by atoms with Crippen molar-refractivity contribution in [3.8, 4) is 0 Å². The molecule has 0 fully saturated rings. The van der Waals surface area contributed by atoms with Crippen molar-refractivity contribution < 1.29 is 19.1 Å². The zero-order chi connectivity index (χ0) is 9.98. The Labute approximate surface area is 84.0 Å². The van der Waals surface area contributed by atoms with Crippen molar-refractivity contribution in [3.63, 3.8) is 0 Å². The van der Waals surface area contributed by atoms with E-state index in [0.29, 0.717) is 13.2 Å². The van der Waals surface area contributed by atoms with Crippen LogP contribution >= 0.6 is 13.5 Å². The van der Waals surface area contributed by atoms with Crippen molar-refractivity contribution in [2.24, 2.45) is 11.5 Å². The Hall–Kier alpha value is -1.11. The van der Waals surface area contributed by atoms with Crippen molar-refractivity contribution >= 4 is 25.7 Å². The van der Waals surface area contributed by atoms with E-state index in [4.69, 9.17) is 0 Å². The summed E-state index contributed by atoms with van der Waals surface area (Å²) >= 11 is 0. The molecule has 7 heteroatoms. The maximum atomic E-state index is 9.60. The molecule has 0 unspecified atom stereocenters. The average molecular weight is 212 g/mol. The predicted molar refractivity (Wildman–Crippen MR) is 52.8 cm³/mol. The Morgan fingerprint density at radius 3 is 1.23 bits per heavy atom. The van der Waals surface area contributed by atoms with Gasteiger partial charge in [0.05, 0.1) is 13.2 Å². The number of nitrogens with two attached hydrogens (primary N) is 2. The molecule has 0 aliphatic heterocycles. The SMILES string of the molecule is CCOC(N)=O.CCOC(N)=O.S. The van der Waals surface area contributed by atoms with Crippen LogP contribution in [-0.4, -0.2) is 25.4 Å². The standard InChI is InChI=1S/2C3H7NO2.H2S/c2*1-2-6-3(4)5;/h2*2H2,1H3,(H2,4,5);1H2. The molecule has 4 N–H and O–H groups in total. The summed E-state index contributed by atoms with van der Waals surface area (Å²) < 4.78 is 8.36. The van der Waals surface area contributed by atoms with Gasteiger partial charge in [0.15, 0.2) is 0 Å². The van der Waals surface area contributed by atoms with Crippen LogP contribution in [0.5, 0.6) is 0 Å². The maximum absolute atomic E-state index is 9.60. The second-order valence-electron chi connectivity index (χ2n) is 1.50. The van der Waals surface area contributed by atoms with Gasteiger partial charge in [-0.15, -0.1) is 0 Å². The van der Waals surface area contributed by atoms with Gasteiger partial charge in [-0.25, -0.2) is 9.59 Å². The van der Waals surface area contributed by atoms with Gasteiger partial charge in [0.2, 0.25) is 0 Å². The highest BCUT2D eigenvalue weighted by atomic mass is 32.1. The van der Waals surface area contributed by atoms with Crippen LogP contribution < -0.4 is 11.5 Å². The maximum Gasteiger partial charge on any atom is 0.404 e. The smallest absolute Gasteiger partial charge is 0.404 e. The number of hydrogen-bond donors (Lipinski definition) is 2. The highest BCUT2D eigenvalue weighted by Crippen LogP contribution is 1.66. The number of amides is 2. The summed E-state index contributed by atoms with van der Waals surface area (Å²) in [6.45, 7) is 4.11. The van der Waals surface area contributed by atoms with Gasteiger partial charge < -0.3 is 20.9 Å². The Morgan fingerprint density at radius 1 is 1.00 bits per heavy atom. The van der Waals surface area contributed by atoms with Crippen LogP contribution in [0.2, 0.25) is 0 Å². The highest BCUT2D eigenvalue weighted by molar-refractivity contribution is 7.59. The van der Waals surface area contributed by atoms with Crippen molar-refractivity contribution in [2.45, 2.75) is 13.8 Å². The Balaban J connectivity index is -0.000000143. The molecule has 6 nitrogen and oxygen atoms in total. The molecular formula is C6H16N2O4S. The Kier molecular flexibility index (Phi) is 18.5. The van der Waals surface area contributed by atoms with E-state index in [2.05, 4.69) is 20.9 Å². The Morgan fingerprint density at radius 2 is 1.23 bits per heavy atom. The number of carbonyl (C=O) groups excluding carboxylic acids is 2. The lowest BCUT2D eigenvalue weighted by Crippen LogP contribution is -2.11. The van der Waals surface area contributed by atoms with Gasteiger partial charge in [-0.3, -0.25) is 0 Å². The number of ether oxygens (including phenoxy) is 2. The van der Waals surface area contributed by atoms with E-state index < -0.39 is 12.2 Å².